The molecule has 2 aliphatic heterocycles. The van der Waals surface area contributed by atoms with Crippen LogP contribution in [0.25, 0.3) is 0 Å². The molecule has 4 rings (SSSR count). The minimum atomic E-state index is -3.78. The summed E-state index contributed by atoms with van der Waals surface area (Å²) < 4.78 is 40.9. The van der Waals surface area contributed by atoms with Crippen molar-refractivity contribution in [1.29, 1.82) is 0 Å². The molecule has 1 aromatic carbocycles. The summed E-state index contributed by atoms with van der Waals surface area (Å²) in [7, 11) is -3.78. The molecule has 10 heteroatoms. The van der Waals surface area contributed by atoms with Gasteiger partial charge in [-0.3, -0.25) is 4.79 Å². The summed E-state index contributed by atoms with van der Waals surface area (Å²) in [5.74, 6) is -0.139. The van der Waals surface area contributed by atoms with Crippen LogP contribution in [0.4, 0.5) is 10.2 Å². The zero-order valence-electron chi connectivity index (χ0n) is 13.2. The first-order valence-electron chi connectivity index (χ1n) is 7.90. The number of aldehydes is 1. The Labute approximate surface area is 143 Å². The van der Waals surface area contributed by atoms with Gasteiger partial charge in [-0.15, -0.1) is 5.10 Å². The molecule has 2 aliphatic rings. The summed E-state index contributed by atoms with van der Waals surface area (Å²) in [6.07, 6.45) is 2.05. The van der Waals surface area contributed by atoms with Gasteiger partial charge < -0.3 is 4.90 Å². The molecule has 3 heterocycles. The molecule has 0 spiro atoms. The van der Waals surface area contributed by atoms with Crippen LogP contribution in [-0.2, 0) is 10.0 Å². The highest BCUT2D eigenvalue weighted by Gasteiger charge is 2.47. The minimum absolute atomic E-state index is 0.0344. The Bertz CT molecular complexity index is 901. The van der Waals surface area contributed by atoms with E-state index in [0.29, 0.717) is 38.0 Å². The smallest absolute Gasteiger partial charge is 0.243 e. The number of aromatic nitrogens is 3. The van der Waals surface area contributed by atoms with Gasteiger partial charge in [0.05, 0.1) is 4.90 Å². The maximum Gasteiger partial charge on any atom is 0.243 e. The van der Waals surface area contributed by atoms with Gasteiger partial charge in [0.1, 0.15) is 5.82 Å². The number of nitrogens with zero attached hydrogens (tertiary/aromatic N) is 4. The molecule has 2 aromatic rings. The molecule has 2 atom stereocenters. The second-order valence-electron chi connectivity index (χ2n) is 6.23. The quantitative estimate of drug-likeness (QED) is 0.805. The van der Waals surface area contributed by atoms with E-state index in [1.54, 1.807) is 0 Å². The summed E-state index contributed by atoms with van der Waals surface area (Å²) in [5.41, 5.74) is 0.209. The van der Waals surface area contributed by atoms with Crippen molar-refractivity contribution in [2.75, 3.05) is 18.0 Å². The van der Waals surface area contributed by atoms with E-state index in [1.165, 1.54) is 22.5 Å². The maximum atomic E-state index is 13.5. The number of benzene rings is 1. The summed E-state index contributed by atoms with van der Waals surface area (Å²) in [6.45, 7) is 0.830. The molecule has 25 heavy (non-hydrogen) atoms. The monoisotopic (exact) mass is 365 g/mol. The fraction of sp³-hybridized carbons (Fsp3) is 0.400. The first-order valence-corrected chi connectivity index (χ1v) is 9.34. The number of hydrogen-bond donors (Lipinski definition) is 1. The van der Waals surface area contributed by atoms with Gasteiger partial charge in [-0.2, -0.15) is 14.6 Å². The number of carbonyl (C=O) groups is 1. The highest BCUT2D eigenvalue weighted by atomic mass is 32.2. The van der Waals surface area contributed by atoms with E-state index in [0.717, 1.165) is 6.07 Å². The Kier molecular flexibility index (Phi) is 3.80. The summed E-state index contributed by atoms with van der Waals surface area (Å²) in [4.78, 5) is 12.9. The summed E-state index contributed by atoms with van der Waals surface area (Å²) in [6, 6.07) is 4.57. The normalized spacial score (nSPS) is 23.8. The topological polar surface area (TPSA) is 99.3 Å². The van der Waals surface area contributed by atoms with Crippen molar-refractivity contribution in [3.63, 3.8) is 0 Å². The average molecular weight is 365 g/mol. The van der Waals surface area contributed by atoms with Crippen molar-refractivity contribution < 1.29 is 17.6 Å². The van der Waals surface area contributed by atoms with Gasteiger partial charge in [-0.1, -0.05) is 6.07 Å². The molecular formula is C15H16FN5O3S. The van der Waals surface area contributed by atoms with Crippen LogP contribution in [0, 0.1) is 5.82 Å². The van der Waals surface area contributed by atoms with Crippen molar-refractivity contribution in [1.82, 2.24) is 19.7 Å². The zero-order valence-corrected chi connectivity index (χ0v) is 14.0. The van der Waals surface area contributed by atoms with Gasteiger partial charge in [0.25, 0.3) is 0 Å². The Balaban J connectivity index is 1.64. The molecule has 0 radical (unpaired) electrons. The zero-order chi connectivity index (χ0) is 17.6. The lowest BCUT2D eigenvalue weighted by atomic mass is 10.2. The van der Waals surface area contributed by atoms with E-state index in [4.69, 9.17) is 0 Å². The van der Waals surface area contributed by atoms with Gasteiger partial charge in [0, 0.05) is 25.2 Å². The van der Waals surface area contributed by atoms with Crippen LogP contribution < -0.4 is 4.90 Å². The number of rotatable bonds is 4. The predicted molar refractivity (Wildman–Crippen MR) is 86.2 cm³/mol. The standard InChI is InChI=1S/C15H16FN5O3S/c16-10-2-1-3-13(6-10)25(23,24)21-11-4-5-12(21)8-20(7-11)15-14(9-22)17-19-18-15/h1-3,6,9,11-12H,4-5,7-8H2,(H,17,18,19). The first kappa shape index (κ1) is 16.2. The maximum absolute atomic E-state index is 13.5. The highest BCUT2D eigenvalue weighted by molar-refractivity contribution is 7.89. The number of fused-ring (bicyclic) bond motifs is 2. The van der Waals surface area contributed by atoms with Crippen molar-refractivity contribution in [2.45, 2.75) is 29.8 Å². The van der Waals surface area contributed by atoms with E-state index < -0.39 is 15.8 Å². The van der Waals surface area contributed by atoms with Crippen LogP contribution >= 0.6 is 0 Å². The molecule has 132 valence electrons. The van der Waals surface area contributed by atoms with Crippen molar-refractivity contribution >= 4 is 22.1 Å². The van der Waals surface area contributed by atoms with E-state index in [-0.39, 0.29) is 22.7 Å². The van der Waals surface area contributed by atoms with Crippen LogP contribution in [-0.4, -0.2) is 59.6 Å². The lowest BCUT2D eigenvalue weighted by molar-refractivity contribution is 0.111. The number of halogens is 1. The Morgan fingerprint density at radius 3 is 2.56 bits per heavy atom. The highest BCUT2D eigenvalue weighted by Crippen LogP contribution is 2.36. The Hall–Kier alpha value is -2.33. The van der Waals surface area contributed by atoms with E-state index in [1.807, 2.05) is 4.90 Å². The lowest BCUT2D eigenvalue weighted by Crippen LogP contribution is -2.56. The van der Waals surface area contributed by atoms with Crippen LogP contribution in [0.3, 0.4) is 0 Å². The molecule has 2 unspecified atom stereocenters. The first-order chi connectivity index (χ1) is 12.0. The number of piperazine rings is 1. The van der Waals surface area contributed by atoms with Crippen LogP contribution in [0.2, 0.25) is 0 Å². The van der Waals surface area contributed by atoms with Crippen LogP contribution in [0.1, 0.15) is 23.3 Å². The third-order valence-corrected chi connectivity index (χ3v) is 6.75. The van der Waals surface area contributed by atoms with Gasteiger partial charge in [0.2, 0.25) is 10.0 Å². The van der Waals surface area contributed by atoms with Gasteiger partial charge in [-0.05, 0) is 31.0 Å². The fourth-order valence-corrected chi connectivity index (χ4v) is 5.61. The average Bonchev–Trinajstić information content (AvgIpc) is 3.17. The molecule has 2 saturated heterocycles. The Morgan fingerprint density at radius 1 is 1.20 bits per heavy atom. The number of hydrogen-bond acceptors (Lipinski definition) is 6. The van der Waals surface area contributed by atoms with E-state index in [2.05, 4.69) is 15.4 Å². The third-order valence-electron chi connectivity index (χ3n) is 4.75. The third kappa shape index (κ3) is 2.61. The number of nitrogens with one attached hydrogen (secondary N) is 1. The number of H-pyrrole nitrogens is 1. The van der Waals surface area contributed by atoms with Gasteiger partial charge in [0.15, 0.2) is 17.8 Å². The number of anilines is 1. The largest absolute Gasteiger partial charge is 0.350 e. The molecule has 8 nitrogen and oxygen atoms in total. The van der Waals surface area contributed by atoms with E-state index >= 15 is 0 Å². The number of carbonyl (C=O) groups excluding carboxylic acids is 1. The molecule has 1 aromatic heterocycles. The number of aromatic amines is 1. The molecule has 0 saturated carbocycles. The molecular weight excluding hydrogens is 349 g/mol. The molecule has 0 aliphatic carbocycles. The summed E-state index contributed by atoms with van der Waals surface area (Å²) >= 11 is 0. The lowest BCUT2D eigenvalue weighted by Gasteiger charge is -2.40. The molecule has 1 N–H and O–H groups in total. The Morgan fingerprint density at radius 2 is 1.92 bits per heavy atom. The van der Waals surface area contributed by atoms with Crippen molar-refractivity contribution in [2.24, 2.45) is 0 Å². The van der Waals surface area contributed by atoms with Crippen LogP contribution in [0.5, 0.6) is 0 Å². The minimum Gasteiger partial charge on any atom is -0.350 e. The van der Waals surface area contributed by atoms with Crippen molar-refractivity contribution in [3.05, 3.63) is 35.8 Å². The predicted octanol–water partition coefficient (Wildman–Crippen LogP) is 0.798. The SMILES string of the molecule is O=Cc1n[nH]nc1N1CC2CCC(C1)N2S(=O)(=O)c1cccc(F)c1. The second-order valence-corrected chi connectivity index (χ2v) is 8.08. The van der Waals surface area contributed by atoms with Crippen molar-refractivity contribution in [3.8, 4) is 0 Å². The fourth-order valence-electron chi connectivity index (χ4n) is 3.72. The van der Waals surface area contributed by atoms with Crippen LogP contribution in [0.15, 0.2) is 29.2 Å². The molecule has 0 amide bonds. The molecule has 2 fully saturated rings. The second kappa shape index (κ2) is 5.88. The van der Waals surface area contributed by atoms with E-state index in [9.17, 15) is 17.6 Å². The summed E-state index contributed by atoms with van der Waals surface area (Å²) in [5, 5.41) is 10.2. The van der Waals surface area contributed by atoms with Gasteiger partial charge >= 0.3 is 0 Å². The number of sulfonamides is 1. The molecule has 2 bridgehead atoms. The van der Waals surface area contributed by atoms with Gasteiger partial charge in [-0.25, -0.2) is 12.8 Å².